The summed E-state index contributed by atoms with van der Waals surface area (Å²) in [5.74, 6) is 0.612. The van der Waals surface area contributed by atoms with Gasteiger partial charge < -0.3 is 10.5 Å². The van der Waals surface area contributed by atoms with Gasteiger partial charge in [0.25, 0.3) is 10.0 Å². The number of hydrogen-bond donors (Lipinski definition) is 1. The van der Waals surface area contributed by atoms with Crippen LogP contribution in [0.2, 0.25) is 0 Å². The van der Waals surface area contributed by atoms with Crippen molar-refractivity contribution in [2.45, 2.75) is 19.1 Å². The summed E-state index contributed by atoms with van der Waals surface area (Å²) in [6, 6.07) is 5.18. The van der Waals surface area contributed by atoms with Crippen molar-refractivity contribution in [1.82, 2.24) is 9.19 Å². The Balaban J connectivity index is 2.52. The standard InChI is InChI=1S/C13H17N3O3S/c1-9(2)20(17,18)16-8-10(7-15-16)12-6-11(14)4-5-13(12)19-3/h4-9H,14H2,1-3H3. The van der Waals surface area contributed by atoms with Crippen LogP contribution in [0.1, 0.15) is 13.8 Å². The lowest BCUT2D eigenvalue weighted by molar-refractivity contribution is 0.416. The van der Waals surface area contributed by atoms with Crippen LogP contribution in [0.15, 0.2) is 30.6 Å². The second kappa shape index (κ2) is 5.16. The fourth-order valence-corrected chi connectivity index (χ4v) is 2.62. The van der Waals surface area contributed by atoms with Crippen molar-refractivity contribution in [1.29, 1.82) is 0 Å². The Hall–Kier alpha value is -2.02. The SMILES string of the molecule is COc1ccc(N)cc1-c1cnn(S(=O)(=O)C(C)C)c1. The third-order valence-electron chi connectivity index (χ3n) is 2.95. The Labute approximate surface area is 118 Å². The molecule has 7 heteroatoms. The van der Waals surface area contributed by atoms with Gasteiger partial charge in [-0.15, -0.1) is 0 Å². The molecule has 6 nitrogen and oxygen atoms in total. The number of hydrogen-bond acceptors (Lipinski definition) is 5. The zero-order valence-corrected chi connectivity index (χ0v) is 12.4. The normalized spacial score (nSPS) is 11.8. The van der Waals surface area contributed by atoms with Crippen LogP contribution in [0.3, 0.4) is 0 Å². The van der Waals surface area contributed by atoms with E-state index in [-0.39, 0.29) is 0 Å². The van der Waals surface area contributed by atoms with E-state index in [1.807, 2.05) is 0 Å². The number of rotatable bonds is 4. The van der Waals surface area contributed by atoms with Crippen LogP contribution in [-0.2, 0) is 10.0 Å². The quantitative estimate of drug-likeness (QED) is 0.868. The van der Waals surface area contributed by atoms with Crippen LogP contribution in [0.5, 0.6) is 5.75 Å². The minimum absolute atomic E-state index is 0.544. The first-order chi connectivity index (χ1) is 9.36. The molecule has 1 heterocycles. The van der Waals surface area contributed by atoms with Gasteiger partial charge in [-0.2, -0.15) is 9.19 Å². The minimum atomic E-state index is -3.46. The number of nitrogens with two attached hydrogens (primary N) is 1. The molecule has 0 unspecified atom stereocenters. The maximum absolute atomic E-state index is 12.0. The van der Waals surface area contributed by atoms with Crippen molar-refractivity contribution in [2.75, 3.05) is 12.8 Å². The summed E-state index contributed by atoms with van der Waals surface area (Å²) in [5, 5.41) is 3.38. The number of aromatic nitrogens is 2. The molecule has 1 aromatic heterocycles. The fraction of sp³-hybridized carbons (Fsp3) is 0.308. The van der Waals surface area contributed by atoms with Gasteiger partial charge in [-0.3, -0.25) is 0 Å². The fourth-order valence-electron chi connectivity index (χ4n) is 1.75. The predicted octanol–water partition coefficient (Wildman–Crippen LogP) is 1.73. The third kappa shape index (κ3) is 2.49. The van der Waals surface area contributed by atoms with Gasteiger partial charge in [0.05, 0.1) is 24.8 Å². The van der Waals surface area contributed by atoms with Crippen LogP contribution < -0.4 is 10.5 Å². The Morgan fingerprint density at radius 3 is 2.65 bits per heavy atom. The van der Waals surface area contributed by atoms with Gasteiger partial charge in [0.1, 0.15) is 5.75 Å². The number of benzene rings is 1. The van der Waals surface area contributed by atoms with Crippen LogP contribution in [0, 0.1) is 0 Å². The molecule has 2 aromatic rings. The maximum Gasteiger partial charge on any atom is 0.256 e. The van der Waals surface area contributed by atoms with Gasteiger partial charge in [-0.05, 0) is 32.0 Å². The molecule has 0 saturated carbocycles. The van der Waals surface area contributed by atoms with Gasteiger partial charge in [-0.1, -0.05) is 0 Å². The summed E-state index contributed by atoms with van der Waals surface area (Å²) < 4.78 is 30.3. The van der Waals surface area contributed by atoms with E-state index in [2.05, 4.69) is 5.10 Å². The average molecular weight is 295 g/mol. The zero-order valence-electron chi connectivity index (χ0n) is 11.6. The molecule has 0 aliphatic carbocycles. The lowest BCUT2D eigenvalue weighted by Gasteiger charge is -2.08. The maximum atomic E-state index is 12.0. The average Bonchev–Trinajstić information content (AvgIpc) is 2.88. The molecule has 0 amide bonds. The monoisotopic (exact) mass is 295 g/mol. The van der Waals surface area contributed by atoms with Gasteiger partial charge in [-0.25, -0.2) is 8.42 Å². The molecule has 0 aliphatic heterocycles. The van der Waals surface area contributed by atoms with Gasteiger partial charge in [0.15, 0.2) is 0 Å². The molecular weight excluding hydrogens is 278 g/mol. The molecule has 0 atom stereocenters. The van der Waals surface area contributed by atoms with E-state index in [1.54, 1.807) is 39.2 Å². The number of nitrogens with zero attached hydrogens (tertiary/aromatic N) is 2. The molecule has 108 valence electrons. The third-order valence-corrected chi connectivity index (χ3v) is 4.86. The summed E-state index contributed by atoms with van der Waals surface area (Å²) >= 11 is 0. The number of nitrogen functional groups attached to an aromatic ring is 1. The van der Waals surface area contributed by atoms with Crippen LogP contribution in [0.4, 0.5) is 5.69 Å². The number of anilines is 1. The highest BCUT2D eigenvalue weighted by Gasteiger charge is 2.20. The van der Waals surface area contributed by atoms with E-state index in [4.69, 9.17) is 10.5 Å². The van der Waals surface area contributed by atoms with Crippen molar-refractivity contribution in [3.63, 3.8) is 0 Å². The molecule has 0 spiro atoms. The number of ether oxygens (including phenoxy) is 1. The highest BCUT2D eigenvalue weighted by atomic mass is 32.2. The zero-order chi connectivity index (χ0) is 14.9. The molecule has 0 radical (unpaired) electrons. The number of methoxy groups -OCH3 is 1. The lowest BCUT2D eigenvalue weighted by atomic mass is 10.1. The van der Waals surface area contributed by atoms with E-state index < -0.39 is 15.3 Å². The molecular formula is C13H17N3O3S. The van der Waals surface area contributed by atoms with Crippen LogP contribution in [0.25, 0.3) is 11.1 Å². The highest BCUT2D eigenvalue weighted by molar-refractivity contribution is 7.90. The molecule has 0 saturated heterocycles. The first-order valence-electron chi connectivity index (χ1n) is 6.09. The summed E-state index contributed by atoms with van der Waals surface area (Å²) in [7, 11) is -1.91. The van der Waals surface area contributed by atoms with Gasteiger partial charge in [0.2, 0.25) is 0 Å². The van der Waals surface area contributed by atoms with Crippen molar-refractivity contribution >= 4 is 15.7 Å². The molecule has 2 N–H and O–H groups in total. The highest BCUT2D eigenvalue weighted by Crippen LogP contribution is 2.31. The predicted molar refractivity (Wildman–Crippen MR) is 78.1 cm³/mol. The first-order valence-corrected chi connectivity index (χ1v) is 7.59. The topological polar surface area (TPSA) is 87.2 Å². The molecule has 20 heavy (non-hydrogen) atoms. The van der Waals surface area contributed by atoms with Gasteiger partial charge in [0, 0.05) is 16.8 Å². The van der Waals surface area contributed by atoms with Crippen molar-refractivity contribution in [3.05, 3.63) is 30.6 Å². The summed E-state index contributed by atoms with van der Waals surface area (Å²) in [5.41, 5.74) is 7.67. The Morgan fingerprint density at radius 2 is 2.05 bits per heavy atom. The Bertz CT molecular complexity index is 720. The smallest absolute Gasteiger partial charge is 0.256 e. The van der Waals surface area contributed by atoms with Crippen LogP contribution in [-0.4, -0.2) is 30.0 Å². The van der Waals surface area contributed by atoms with Crippen molar-refractivity contribution in [3.8, 4) is 16.9 Å². The second-order valence-electron chi connectivity index (χ2n) is 4.65. The summed E-state index contributed by atoms with van der Waals surface area (Å²) in [6.45, 7) is 3.22. The van der Waals surface area contributed by atoms with E-state index in [1.165, 1.54) is 12.4 Å². The van der Waals surface area contributed by atoms with Gasteiger partial charge >= 0.3 is 0 Å². The van der Waals surface area contributed by atoms with Crippen molar-refractivity contribution in [2.24, 2.45) is 0 Å². The minimum Gasteiger partial charge on any atom is -0.496 e. The second-order valence-corrected chi connectivity index (χ2v) is 7.00. The van der Waals surface area contributed by atoms with E-state index in [0.29, 0.717) is 22.6 Å². The molecule has 0 aliphatic rings. The van der Waals surface area contributed by atoms with Crippen LogP contribution >= 0.6 is 0 Å². The molecule has 1 aromatic carbocycles. The summed E-state index contributed by atoms with van der Waals surface area (Å²) in [6.07, 6.45) is 2.95. The largest absolute Gasteiger partial charge is 0.496 e. The Morgan fingerprint density at radius 1 is 1.35 bits per heavy atom. The molecule has 0 fully saturated rings. The summed E-state index contributed by atoms with van der Waals surface area (Å²) in [4.78, 5) is 0. The van der Waals surface area contributed by atoms with E-state index in [0.717, 1.165) is 4.09 Å². The Kier molecular flexibility index (Phi) is 3.71. The van der Waals surface area contributed by atoms with E-state index >= 15 is 0 Å². The molecule has 2 rings (SSSR count). The lowest BCUT2D eigenvalue weighted by Crippen LogP contribution is -2.22. The van der Waals surface area contributed by atoms with E-state index in [9.17, 15) is 8.42 Å². The van der Waals surface area contributed by atoms with Crippen molar-refractivity contribution < 1.29 is 13.2 Å². The first kappa shape index (κ1) is 14.4. The molecule has 0 bridgehead atoms.